The fourth-order valence-corrected chi connectivity index (χ4v) is 4.00. The summed E-state index contributed by atoms with van der Waals surface area (Å²) in [4.78, 5) is 28.9. The highest BCUT2D eigenvalue weighted by molar-refractivity contribution is 6.07. The van der Waals surface area contributed by atoms with E-state index in [9.17, 15) is 9.59 Å². The average molecular weight is 380 g/mol. The molecule has 28 heavy (non-hydrogen) atoms. The first kappa shape index (κ1) is 18.4. The van der Waals surface area contributed by atoms with Crippen LogP contribution in [-0.2, 0) is 6.42 Å². The third-order valence-corrected chi connectivity index (χ3v) is 5.44. The fourth-order valence-electron chi connectivity index (χ4n) is 4.00. The van der Waals surface area contributed by atoms with Crippen LogP contribution in [0.5, 0.6) is 0 Å². The third kappa shape index (κ3) is 3.69. The van der Waals surface area contributed by atoms with Gasteiger partial charge in [-0.1, -0.05) is 12.8 Å². The number of hydrogen-bond donors (Lipinski definition) is 2. The first-order valence-electron chi connectivity index (χ1n) is 9.84. The van der Waals surface area contributed by atoms with E-state index in [-0.39, 0.29) is 17.9 Å². The van der Waals surface area contributed by atoms with Gasteiger partial charge in [0, 0.05) is 36.0 Å². The zero-order chi connectivity index (χ0) is 19.5. The van der Waals surface area contributed by atoms with Crippen molar-refractivity contribution >= 4 is 17.5 Å². The molecule has 2 aliphatic rings. The first-order valence-corrected chi connectivity index (χ1v) is 9.84. The van der Waals surface area contributed by atoms with Crippen LogP contribution in [0.2, 0.25) is 0 Å². The molecule has 0 aliphatic heterocycles. The lowest BCUT2D eigenvalue weighted by Crippen LogP contribution is -2.32. The van der Waals surface area contributed by atoms with Gasteiger partial charge in [-0.3, -0.25) is 14.6 Å². The molecule has 7 heteroatoms. The Labute approximate surface area is 163 Å². The third-order valence-electron chi connectivity index (χ3n) is 5.44. The van der Waals surface area contributed by atoms with Crippen molar-refractivity contribution in [2.45, 2.75) is 57.9 Å². The van der Waals surface area contributed by atoms with Gasteiger partial charge in [0.15, 0.2) is 5.76 Å². The summed E-state index contributed by atoms with van der Waals surface area (Å²) in [5.41, 5.74) is 5.45. The highest BCUT2D eigenvalue weighted by Gasteiger charge is 2.29. The van der Waals surface area contributed by atoms with E-state index < -0.39 is 0 Å². The monoisotopic (exact) mass is 380 g/mol. The van der Waals surface area contributed by atoms with Crippen molar-refractivity contribution in [1.29, 1.82) is 0 Å². The van der Waals surface area contributed by atoms with E-state index in [1.807, 2.05) is 6.92 Å². The Hall–Kier alpha value is -2.96. The average Bonchev–Trinajstić information content (AvgIpc) is 3.35. The summed E-state index contributed by atoms with van der Waals surface area (Å²) < 4.78 is 5.92. The number of nitrogens with zero attached hydrogens (tertiary/aromatic N) is 2. The molecule has 1 saturated carbocycles. The molecule has 0 aromatic carbocycles. The molecule has 0 bridgehead atoms. The van der Waals surface area contributed by atoms with E-state index in [4.69, 9.17) is 4.42 Å². The largest absolute Gasteiger partial charge is 0.455 e. The number of nitrogens with one attached hydrogen (secondary N) is 2. The summed E-state index contributed by atoms with van der Waals surface area (Å²) >= 11 is 0. The van der Waals surface area contributed by atoms with Gasteiger partial charge in [0.25, 0.3) is 11.8 Å². The lowest BCUT2D eigenvalue weighted by Gasteiger charge is -2.13. The summed E-state index contributed by atoms with van der Waals surface area (Å²) in [5, 5.41) is 7.42. The van der Waals surface area contributed by atoms with Crippen molar-refractivity contribution in [3.8, 4) is 0 Å². The molecule has 0 atom stereocenters. The van der Waals surface area contributed by atoms with Crippen molar-refractivity contribution < 1.29 is 14.0 Å². The number of furan rings is 1. The van der Waals surface area contributed by atoms with Gasteiger partial charge in [-0.25, -0.2) is 5.43 Å². The molecule has 2 N–H and O–H groups in total. The van der Waals surface area contributed by atoms with E-state index in [1.165, 1.54) is 6.20 Å². The summed E-state index contributed by atoms with van der Waals surface area (Å²) in [7, 11) is 0. The zero-order valence-corrected chi connectivity index (χ0v) is 16.0. The number of rotatable bonds is 4. The van der Waals surface area contributed by atoms with Crippen LogP contribution in [0.1, 0.15) is 76.3 Å². The van der Waals surface area contributed by atoms with Gasteiger partial charge in [0.1, 0.15) is 5.76 Å². The number of hydrogen-bond acceptors (Lipinski definition) is 5. The number of carbonyl (C=O) groups is 2. The molecule has 146 valence electrons. The molecule has 2 heterocycles. The normalized spacial score (nSPS) is 18.1. The Balaban J connectivity index is 1.54. The maximum absolute atomic E-state index is 12.7. The molecule has 7 nitrogen and oxygen atoms in total. The molecule has 4 rings (SSSR count). The van der Waals surface area contributed by atoms with Crippen molar-refractivity contribution in [2.24, 2.45) is 5.10 Å². The van der Waals surface area contributed by atoms with Gasteiger partial charge in [-0.15, -0.1) is 0 Å². The van der Waals surface area contributed by atoms with Crippen molar-refractivity contribution in [2.75, 3.05) is 0 Å². The summed E-state index contributed by atoms with van der Waals surface area (Å²) in [6, 6.07) is 3.63. The fraction of sp³-hybridized carbons (Fsp3) is 0.429. The minimum absolute atomic E-state index is 0.155. The van der Waals surface area contributed by atoms with Gasteiger partial charge in [0.05, 0.1) is 11.3 Å². The Morgan fingerprint density at radius 1 is 1.18 bits per heavy atom. The van der Waals surface area contributed by atoms with Crippen LogP contribution in [0.4, 0.5) is 0 Å². The molecule has 2 aliphatic carbocycles. The second kappa shape index (κ2) is 7.96. The standard InChI is InChI=1S/C21H24N4O3/c1-13-18-16(24-25-20(26)14-6-5-11-22-12-14)9-4-10-17(18)28-19(13)21(27)23-15-7-2-3-8-15/h5-6,11-12,15H,2-4,7-10H2,1H3,(H,23,27)(H,25,26)/b24-16+. The molecule has 2 aromatic rings. The summed E-state index contributed by atoms with van der Waals surface area (Å²) in [6.45, 7) is 1.88. The van der Waals surface area contributed by atoms with Gasteiger partial charge in [-0.2, -0.15) is 5.10 Å². The molecule has 1 fully saturated rings. The van der Waals surface area contributed by atoms with Gasteiger partial charge in [0.2, 0.25) is 0 Å². The van der Waals surface area contributed by atoms with Crippen molar-refractivity contribution in [1.82, 2.24) is 15.7 Å². The Morgan fingerprint density at radius 3 is 2.75 bits per heavy atom. The molecule has 2 aromatic heterocycles. The Morgan fingerprint density at radius 2 is 2.00 bits per heavy atom. The molecule has 0 saturated heterocycles. The minimum Gasteiger partial charge on any atom is -0.455 e. The second-order valence-corrected chi connectivity index (χ2v) is 7.40. The van der Waals surface area contributed by atoms with Gasteiger partial charge >= 0.3 is 0 Å². The van der Waals surface area contributed by atoms with Crippen LogP contribution in [0.25, 0.3) is 0 Å². The van der Waals surface area contributed by atoms with Crippen LogP contribution < -0.4 is 10.7 Å². The zero-order valence-electron chi connectivity index (χ0n) is 16.0. The maximum Gasteiger partial charge on any atom is 0.287 e. The SMILES string of the molecule is Cc1c(C(=O)NC2CCCC2)oc2c1/C(=N/NC(=O)c1cccnc1)CCC2. The number of hydrazone groups is 1. The predicted octanol–water partition coefficient (Wildman–Crippen LogP) is 3.13. The highest BCUT2D eigenvalue weighted by atomic mass is 16.4. The van der Waals surface area contributed by atoms with E-state index in [0.29, 0.717) is 11.3 Å². The summed E-state index contributed by atoms with van der Waals surface area (Å²) in [5.74, 6) is 0.672. The molecule has 0 radical (unpaired) electrons. The second-order valence-electron chi connectivity index (χ2n) is 7.40. The van der Waals surface area contributed by atoms with E-state index in [2.05, 4.69) is 20.8 Å². The van der Waals surface area contributed by atoms with Crippen molar-refractivity contribution in [3.63, 3.8) is 0 Å². The quantitative estimate of drug-likeness (QED) is 0.797. The minimum atomic E-state index is -0.312. The van der Waals surface area contributed by atoms with Crippen LogP contribution in [-0.4, -0.2) is 28.6 Å². The maximum atomic E-state index is 12.7. The Bertz CT molecular complexity index is 911. The number of amides is 2. The highest BCUT2D eigenvalue weighted by Crippen LogP contribution is 2.30. The lowest BCUT2D eigenvalue weighted by molar-refractivity contribution is 0.0906. The number of fused-ring (bicyclic) bond motifs is 1. The lowest BCUT2D eigenvalue weighted by atomic mass is 9.93. The Kier molecular flexibility index (Phi) is 5.23. The number of carbonyl (C=O) groups excluding carboxylic acids is 2. The number of aromatic nitrogens is 1. The topological polar surface area (TPSA) is 96.6 Å². The molecular weight excluding hydrogens is 356 g/mol. The van der Waals surface area contributed by atoms with Crippen molar-refractivity contribution in [3.05, 3.63) is 52.7 Å². The first-order chi connectivity index (χ1) is 13.6. The van der Waals surface area contributed by atoms with Gasteiger partial charge in [-0.05, 0) is 44.7 Å². The van der Waals surface area contributed by atoms with Crippen LogP contribution >= 0.6 is 0 Å². The van der Waals surface area contributed by atoms with Gasteiger partial charge < -0.3 is 9.73 Å². The van der Waals surface area contributed by atoms with E-state index >= 15 is 0 Å². The van der Waals surface area contributed by atoms with Crippen LogP contribution in [0.3, 0.4) is 0 Å². The predicted molar refractivity (Wildman–Crippen MR) is 104 cm³/mol. The summed E-state index contributed by atoms with van der Waals surface area (Å²) in [6.07, 6.45) is 9.84. The van der Waals surface area contributed by atoms with Crippen LogP contribution in [0.15, 0.2) is 34.0 Å². The number of pyridine rings is 1. The van der Waals surface area contributed by atoms with E-state index in [1.54, 1.807) is 18.3 Å². The molecule has 0 unspecified atom stereocenters. The van der Waals surface area contributed by atoms with E-state index in [0.717, 1.165) is 67.5 Å². The smallest absolute Gasteiger partial charge is 0.287 e. The molecule has 2 amide bonds. The number of aryl methyl sites for hydroxylation is 1. The molecule has 0 spiro atoms. The molecular formula is C21H24N4O3. The van der Waals surface area contributed by atoms with Crippen LogP contribution in [0, 0.1) is 6.92 Å².